The van der Waals surface area contributed by atoms with Gasteiger partial charge in [0.1, 0.15) is 0 Å². The first-order chi connectivity index (χ1) is 7.10. The van der Waals surface area contributed by atoms with E-state index in [0.29, 0.717) is 0 Å². The van der Waals surface area contributed by atoms with E-state index in [-0.39, 0.29) is 11.9 Å². The molecule has 0 saturated carbocycles. The summed E-state index contributed by atoms with van der Waals surface area (Å²) >= 11 is 0. The molecule has 1 aromatic carbocycles. The summed E-state index contributed by atoms with van der Waals surface area (Å²) in [5.41, 5.74) is 3.46. The van der Waals surface area contributed by atoms with Crippen LogP contribution in [0.15, 0.2) is 18.2 Å². The lowest BCUT2D eigenvalue weighted by Gasteiger charge is -2.15. The molecule has 0 bridgehead atoms. The lowest BCUT2D eigenvalue weighted by atomic mass is 9.92. The molecule has 0 radical (unpaired) electrons. The van der Waals surface area contributed by atoms with Crippen molar-refractivity contribution in [2.24, 2.45) is 0 Å². The minimum Gasteiger partial charge on any atom is -0.469 e. The minimum atomic E-state index is -0.149. The fourth-order valence-electron chi connectivity index (χ4n) is 1.87. The smallest absolute Gasteiger partial charge is 0.313 e. The maximum absolute atomic E-state index is 11.6. The molecule has 15 heavy (non-hydrogen) atoms. The fourth-order valence-corrected chi connectivity index (χ4v) is 1.87. The number of hydrogen-bond donors (Lipinski definition) is 0. The molecule has 1 aromatic rings. The first kappa shape index (κ1) is 11.8. The van der Waals surface area contributed by atoms with Gasteiger partial charge in [-0.05, 0) is 31.4 Å². The maximum Gasteiger partial charge on any atom is 0.313 e. The Bertz CT molecular complexity index is 356. The molecule has 1 unspecified atom stereocenters. The van der Waals surface area contributed by atoms with Crippen molar-refractivity contribution in [1.82, 2.24) is 0 Å². The van der Waals surface area contributed by atoms with Crippen molar-refractivity contribution in [3.8, 4) is 0 Å². The standard InChI is InChI=1S/C13H18O2/c1-5-11(13(14)15-4)12-7-6-9(2)8-10(12)3/h6-8,11H,5H2,1-4H3. The van der Waals surface area contributed by atoms with Crippen LogP contribution < -0.4 is 0 Å². The Morgan fingerprint density at radius 3 is 2.53 bits per heavy atom. The summed E-state index contributed by atoms with van der Waals surface area (Å²) in [5, 5.41) is 0. The van der Waals surface area contributed by atoms with Gasteiger partial charge >= 0.3 is 5.97 Å². The Hall–Kier alpha value is -1.31. The van der Waals surface area contributed by atoms with Gasteiger partial charge in [0.15, 0.2) is 0 Å². The average molecular weight is 206 g/mol. The van der Waals surface area contributed by atoms with Crippen LogP contribution in [-0.4, -0.2) is 13.1 Å². The molecule has 0 saturated heterocycles. The summed E-state index contributed by atoms with van der Waals surface area (Å²) in [6.07, 6.45) is 0.774. The normalized spacial score (nSPS) is 12.3. The van der Waals surface area contributed by atoms with E-state index in [9.17, 15) is 4.79 Å². The van der Waals surface area contributed by atoms with Crippen molar-refractivity contribution in [3.63, 3.8) is 0 Å². The van der Waals surface area contributed by atoms with E-state index in [0.717, 1.165) is 17.5 Å². The van der Waals surface area contributed by atoms with Crippen molar-refractivity contribution < 1.29 is 9.53 Å². The highest BCUT2D eigenvalue weighted by Crippen LogP contribution is 2.24. The van der Waals surface area contributed by atoms with E-state index in [2.05, 4.69) is 13.0 Å². The molecule has 0 aliphatic heterocycles. The quantitative estimate of drug-likeness (QED) is 0.711. The second kappa shape index (κ2) is 4.96. The zero-order chi connectivity index (χ0) is 11.4. The Kier molecular flexibility index (Phi) is 3.89. The topological polar surface area (TPSA) is 26.3 Å². The van der Waals surface area contributed by atoms with Gasteiger partial charge in [0.05, 0.1) is 13.0 Å². The summed E-state index contributed by atoms with van der Waals surface area (Å²) in [6.45, 7) is 6.09. The summed E-state index contributed by atoms with van der Waals surface area (Å²) in [7, 11) is 1.44. The van der Waals surface area contributed by atoms with Crippen LogP contribution in [0.4, 0.5) is 0 Å². The number of benzene rings is 1. The Morgan fingerprint density at radius 2 is 2.07 bits per heavy atom. The van der Waals surface area contributed by atoms with Gasteiger partial charge in [-0.25, -0.2) is 0 Å². The Balaban J connectivity index is 3.07. The SMILES string of the molecule is CCC(C(=O)OC)c1ccc(C)cc1C. The van der Waals surface area contributed by atoms with Crippen LogP contribution in [-0.2, 0) is 9.53 Å². The number of hydrogen-bond acceptors (Lipinski definition) is 2. The molecule has 2 heteroatoms. The highest BCUT2D eigenvalue weighted by molar-refractivity contribution is 5.78. The summed E-state index contributed by atoms with van der Waals surface area (Å²) in [5.74, 6) is -0.278. The predicted molar refractivity (Wildman–Crippen MR) is 61.0 cm³/mol. The van der Waals surface area contributed by atoms with Crippen LogP contribution >= 0.6 is 0 Å². The molecule has 0 amide bonds. The molecule has 0 N–H and O–H groups in total. The van der Waals surface area contributed by atoms with Gasteiger partial charge in [0.2, 0.25) is 0 Å². The van der Waals surface area contributed by atoms with Crippen LogP contribution in [0.25, 0.3) is 0 Å². The summed E-state index contributed by atoms with van der Waals surface area (Å²) in [4.78, 5) is 11.6. The maximum atomic E-state index is 11.6. The van der Waals surface area contributed by atoms with Crippen molar-refractivity contribution >= 4 is 5.97 Å². The van der Waals surface area contributed by atoms with Crippen LogP contribution in [0.5, 0.6) is 0 Å². The van der Waals surface area contributed by atoms with E-state index in [1.807, 2.05) is 26.0 Å². The molecule has 0 heterocycles. The van der Waals surface area contributed by atoms with Gasteiger partial charge in [-0.1, -0.05) is 30.7 Å². The van der Waals surface area contributed by atoms with E-state index < -0.39 is 0 Å². The average Bonchev–Trinajstić information content (AvgIpc) is 2.21. The van der Waals surface area contributed by atoms with Crippen molar-refractivity contribution in [2.45, 2.75) is 33.1 Å². The summed E-state index contributed by atoms with van der Waals surface area (Å²) < 4.78 is 4.80. The lowest BCUT2D eigenvalue weighted by Crippen LogP contribution is -2.14. The van der Waals surface area contributed by atoms with Crippen LogP contribution in [0.1, 0.15) is 36.0 Å². The second-order valence-corrected chi connectivity index (χ2v) is 3.84. The molecule has 0 aromatic heterocycles. The fraction of sp³-hybridized carbons (Fsp3) is 0.462. The van der Waals surface area contributed by atoms with Gasteiger partial charge in [0, 0.05) is 0 Å². The van der Waals surface area contributed by atoms with Crippen LogP contribution in [0.2, 0.25) is 0 Å². The molecule has 82 valence electrons. The highest BCUT2D eigenvalue weighted by atomic mass is 16.5. The van der Waals surface area contributed by atoms with Gasteiger partial charge in [-0.15, -0.1) is 0 Å². The van der Waals surface area contributed by atoms with E-state index >= 15 is 0 Å². The molecule has 0 spiro atoms. The number of carbonyl (C=O) groups is 1. The second-order valence-electron chi connectivity index (χ2n) is 3.84. The predicted octanol–water partition coefficient (Wildman–Crippen LogP) is 2.97. The zero-order valence-corrected chi connectivity index (χ0v) is 9.83. The van der Waals surface area contributed by atoms with Crippen molar-refractivity contribution in [2.75, 3.05) is 7.11 Å². The molecule has 1 atom stereocenters. The number of aryl methyl sites for hydroxylation is 2. The Morgan fingerprint density at radius 1 is 1.40 bits per heavy atom. The highest BCUT2D eigenvalue weighted by Gasteiger charge is 2.20. The third-order valence-corrected chi connectivity index (χ3v) is 2.69. The number of carbonyl (C=O) groups excluding carboxylic acids is 1. The molecule has 2 nitrogen and oxygen atoms in total. The largest absolute Gasteiger partial charge is 0.469 e. The van der Waals surface area contributed by atoms with E-state index in [4.69, 9.17) is 4.74 Å². The lowest BCUT2D eigenvalue weighted by molar-refractivity contribution is -0.142. The number of methoxy groups -OCH3 is 1. The van der Waals surface area contributed by atoms with Crippen molar-refractivity contribution in [1.29, 1.82) is 0 Å². The first-order valence-electron chi connectivity index (χ1n) is 5.25. The van der Waals surface area contributed by atoms with Gasteiger partial charge < -0.3 is 4.74 Å². The monoisotopic (exact) mass is 206 g/mol. The Labute approximate surface area is 91.3 Å². The van der Waals surface area contributed by atoms with Crippen LogP contribution in [0.3, 0.4) is 0 Å². The minimum absolute atomic E-state index is 0.129. The molecular formula is C13H18O2. The summed E-state index contributed by atoms with van der Waals surface area (Å²) in [6, 6.07) is 6.16. The van der Waals surface area contributed by atoms with Gasteiger partial charge in [-0.3, -0.25) is 4.79 Å². The molecule has 0 aliphatic rings. The van der Waals surface area contributed by atoms with Gasteiger partial charge in [-0.2, -0.15) is 0 Å². The zero-order valence-electron chi connectivity index (χ0n) is 9.83. The molecule has 1 rings (SSSR count). The number of esters is 1. The molecular weight excluding hydrogens is 188 g/mol. The van der Waals surface area contributed by atoms with Gasteiger partial charge in [0.25, 0.3) is 0 Å². The van der Waals surface area contributed by atoms with E-state index in [1.165, 1.54) is 12.7 Å². The molecule has 0 fully saturated rings. The van der Waals surface area contributed by atoms with Crippen molar-refractivity contribution in [3.05, 3.63) is 34.9 Å². The first-order valence-corrected chi connectivity index (χ1v) is 5.25. The van der Waals surface area contributed by atoms with E-state index in [1.54, 1.807) is 0 Å². The van der Waals surface area contributed by atoms with Crippen LogP contribution in [0, 0.1) is 13.8 Å². The molecule has 0 aliphatic carbocycles. The number of rotatable bonds is 3. The number of ether oxygens (including phenoxy) is 1. The third-order valence-electron chi connectivity index (χ3n) is 2.69. The third kappa shape index (κ3) is 2.58.